The van der Waals surface area contributed by atoms with Crippen LogP contribution in [0.15, 0.2) is 11.6 Å². The summed E-state index contributed by atoms with van der Waals surface area (Å²) in [5, 5.41) is -0.693. The van der Waals surface area contributed by atoms with Crippen molar-refractivity contribution in [2.45, 2.75) is 96.6 Å². The van der Waals surface area contributed by atoms with E-state index in [0.717, 1.165) is 32.1 Å². The van der Waals surface area contributed by atoms with Gasteiger partial charge >= 0.3 is 17.9 Å². The molecule has 0 spiro atoms. The maximum atomic E-state index is 13.6. The fraction of sp³-hybridized carbons (Fsp3) is 0.778. The second-order valence-corrected chi connectivity index (χ2v) is 12.0. The molecule has 8 atom stereocenters. The van der Waals surface area contributed by atoms with Gasteiger partial charge in [-0.15, -0.1) is 11.6 Å². The van der Waals surface area contributed by atoms with Crippen LogP contribution in [0, 0.1) is 28.6 Å². The van der Waals surface area contributed by atoms with E-state index in [1.54, 1.807) is 0 Å². The first-order valence-electron chi connectivity index (χ1n) is 12.7. The standard InChI is InChI=1S/C27H37ClO7/c1-15(29)33-14-24(32)27(35-17(3)31)23(28)13-22-20-7-6-18-12-19(34-16(2)30)8-10-25(18,4)21(20)9-11-26(22,27)5/h6,19-23H,7-14H2,1-5H3. The van der Waals surface area contributed by atoms with Crippen molar-refractivity contribution in [1.29, 1.82) is 0 Å². The Labute approximate surface area is 212 Å². The van der Waals surface area contributed by atoms with E-state index >= 15 is 0 Å². The van der Waals surface area contributed by atoms with Crippen LogP contribution < -0.4 is 0 Å². The molecule has 0 N–H and O–H groups in total. The summed E-state index contributed by atoms with van der Waals surface area (Å²) in [5.41, 5.74) is -0.793. The zero-order valence-corrected chi connectivity index (χ0v) is 22.1. The summed E-state index contributed by atoms with van der Waals surface area (Å²) in [5.74, 6) is -0.991. The van der Waals surface area contributed by atoms with Crippen LogP contribution in [0.4, 0.5) is 0 Å². The Hall–Kier alpha value is -1.89. The van der Waals surface area contributed by atoms with Crippen molar-refractivity contribution in [3.63, 3.8) is 0 Å². The van der Waals surface area contributed by atoms with Gasteiger partial charge in [0.15, 0.2) is 12.2 Å². The lowest BCUT2D eigenvalue weighted by Gasteiger charge is -2.59. The summed E-state index contributed by atoms with van der Waals surface area (Å²) in [7, 11) is 0. The van der Waals surface area contributed by atoms with E-state index in [1.165, 1.54) is 26.3 Å². The number of fused-ring (bicyclic) bond motifs is 5. The molecule has 0 aromatic rings. The minimum Gasteiger partial charge on any atom is -0.462 e. The lowest BCUT2D eigenvalue weighted by molar-refractivity contribution is -0.190. The van der Waals surface area contributed by atoms with E-state index in [9.17, 15) is 19.2 Å². The van der Waals surface area contributed by atoms with Gasteiger partial charge in [-0.1, -0.05) is 25.5 Å². The second kappa shape index (κ2) is 9.20. The predicted octanol–water partition coefficient (Wildman–Crippen LogP) is 4.53. The fourth-order valence-corrected chi connectivity index (χ4v) is 8.76. The van der Waals surface area contributed by atoms with E-state index in [1.807, 2.05) is 6.92 Å². The van der Waals surface area contributed by atoms with Gasteiger partial charge in [-0.25, -0.2) is 0 Å². The predicted molar refractivity (Wildman–Crippen MR) is 128 cm³/mol. The third-order valence-electron chi connectivity index (χ3n) is 9.66. The molecule has 0 saturated heterocycles. The Balaban J connectivity index is 1.66. The lowest BCUT2D eigenvalue weighted by Crippen LogP contribution is -2.62. The minimum atomic E-state index is -1.52. The van der Waals surface area contributed by atoms with Gasteiger partial charge in [-0.2, -0.15) is 0 Å². The monoisotopic (exact) mass is 508 g/mol. The molecule has 4 rings (SSSR count). The number of allylic oxidation sites excluding steroid dienone is 1. The maximum Gasteiger partial charge on any atom is 0.303 e. The van der Waals surface area contributed by atoms with Crippen molar-refractivity contribution in [1.82, 2.24) is 0 Å². The van der Waals surface area contributed by atoms with Crippen LogP contribution in [0.25, 0.3) is 0 Å². The first-order chi connectivity index (χ1) is 16.3. The Morgan fingerprint density at radius 1 is 1.00 bits per heavy atom. The Kier molecular flexibility index (Phi) is 6.88. The van der Waals surface area contributed by atoms with E-state index in [4.69, 9.17) is 25.8 Å². The topological polar surface area (TPSA) is 96.0 Å². The number of hydrogen-bond donors (Lipinski definition) is 0. The second-order valence-electron chi connectivity index (χ2n) is 11.4. The molecule has 8 heteroatoms. The fourth-order valence-electron chi connectivity index (χ4n) is 8.16. The van der Waals surface area contributed by atoms with Crippen LogP contribution in [-0.4, -0.2) is 47.4 Å². The largest absolute Gasteiger partial charge is 0.462 e. The van der Waals surface area contributed by atoms with Crippen LogP contribution in [0.5, 0.6) is 0 Å². The lowest BCUT2D eigenvalue weighted by atomic mass is 9.46. The molecule has 194 valence electrons. The third-order valence-corrected chi connectivity index (χ3v) is 10.1. The average Bonchev–Trinajstić information content (AvgIpc) is 2.99. The molecule has 0 heterocycles. The van der Waals surface area contributed by atoms with Gasteiger partial charge in [0.05, 0.1) is 5.38 Å². The number of esters is 3. The van der Waals surface area contributed by atoms with E-state index in [-0.39, 0.29) is 23.4 Å². The number of ketones is 1. The Morgan fingerprint density at radius 2 is 1.71 bits per heavy atom. The quantitative estimate of drug-likeness (QED) is 0.233. The summed E-state index contributed by atoms with van der Waals surface area (Å²) in [4.78, 5) is 48.7. The average molecular weight is 509 g/mol. The zero-order valence-electron chi connectivity index (χ0n) is 21.4. The normalized spacial score (nSPS) is 42.0. The highest BCUT2D eigenvalue weighted by molar-refractivity contribution is 6.24. The summed E-state index contributed by atoms with van der Waals surface area (Å²) in [6, 6.07) is 0. The number of ether oxygens (including phenoxy) is 3. The summed E-state index contributed by atoms with van der Waals surface area (Å²) in [6.07, 6.45) is 7.83. The Bertz CT molecular complexity index is 959. The molecule has 4 aliphatic rings. The van der Waals surface area contributed by atoms with Crippen LogP contribution in [0.2, 0.25) is 0 Å². The van der Waals surface area contributed by atoms with E-state index < -0.39 is 40.7 Å². The number of hydrogen-bond acceptors (Lipinski definition) is 7. The summed E-state index contributed by atoms with van der Waals surface area (Å²) in [6.45, 7) is 7.91. The van der Waals surface area contributed by atoms with Gasteiger partial charge < -0.3 is 14.2 Å². The molecular formula is C27H37ClO7. The van der Waals surface area contributed by atoms with Crippen molar-refractivity contribution in [3.05, 3.63) is 11.6 Å². The van der Waals surface area contributed by atoms with E-state index in [0.29, 0.717) is 24.7 Å². The number of rotatable bonds is 5. The first-order valence-corrected chi connectivity index (χ1v) is 13.2. The highest BCUT2D eigenvalue weighted by Crippen LogP contribution is 2.68. The zero-order chi connectivity index (χ0) is 25.8. The van der Waals surface area contributed by atoms with Crippen molar-refractivity contribution >= 4 is 35.3 Å². The maximum absolute atomic E-state index is 13.6. The molecule has 0 aliphatic heterocycles. The number of Topliss-reactive ketones (excluding diaryl/α,β-unsaturated/α-hetero) is 1. The van der Waals surface area contributed by atoms with Crippen LogP contribution in [0.1, 0.15) is 79.6 Å². The molecule has 0 aromatic carbocycles. The Morgan fingerprint density at radius 3 is 2.34 bits per heavy atom. The molecule has 0 amide bonds. The van der Waals surface area contributed by atoms with Crippen molar-refractivity contribution < 1.29 is 33.4 Å². The molecule has 0 bridgehead atoms. The van der Waals surface area contributed by atoms with Crippen molar-refractivity contribution in [3.8, 4) is 0 Å². The molecule has 3 saturated carbocycles. The van der Waals surface area contributed by atoms with Gasteiger partial charge in [0, 0.05) is 32.6 Å². The SMILES string of the molecule is CC(=O)OCC(=O)C1(OC(C)=O)C(Cl)CC2C3CC=C4CC(OC(C)=O)CCC4(C)C3CCC21C. The van der Waals surface area contributed by atoms with Crippen molar-refractivity contribution in [2.24, 2.45) is 28.6 Å². The molecule has 3 fully saturated rings. The molecule has 0 aromatic heterocycles. The first kappa shape index (κ1) is 26.2. The van der Waals surface area contributed by atoms with Crippen molar-refractivity contribution in [2.75, 3.05) is 6.61 Å². The van der Waals surface area contributed by atoms with Gasteiger partial charge in [0.25, 0.3) is 0 Å². The van der Waals surface area contributed by atoms with Gasteiger partial charge in [-0.05, 0) is 61.7 Å². The van der Waals surface area contributed by atoms with Crippen LogP contribution >= 0.6 is 11.6 Å². The number of carbonyl (C=O) groups excluding carboxylic acids is 4. The molecular weight excluding hydrogens is 472 g/mol. The third kappa shape index (κ3) is 4.11. The van der Waals surface area contributed by atoms with Crippen LogP contribution in [0.3, 0.4) is 0 Å². The molecule has 8 unspecified atom stereocenters. The summed E-state index contributed by atoms with van der Waals surface area (Å²) < 4.78 is 16.4. The van der Waals surface area contributed by atoms with E-state index in [2.05, 4.69) is 13.0 Å². The molecule has 0 radical (unpaired) electrons. The number of carbonyl (C=O) groups is 4. The van der Waals surface area contributed by atoms with Gasteiger partial charge in [-0.3, -0.25) is 19.2 Å². The molecule has 7 nitrogen and oxygen atoms in total. The summed E-state index contributed by atoms with van der Waals surface area (Å²) >= 11 is 6.92. The highest BCUT2D eigenvalue weighted by Gasteiger charge is 2.72. The number of alkyl halides is 1. The number of halogens is 1. The molecule has 4 aliphatic carbocycles. The van der Waals surface area contributed by atoms with Gasteiger partial charge in [0.1, 0.15) is 6.10 Å². The smallest absolute Gasteiger partial charge is 0.303 e. The van der Waals surface area contributed by atoms with Crippen LogP contribution in [-0.2, 0) is 33.4 Å². The van der Waals surface area contributed by atoms with Gasteiger partial charge in [0.2, 0.25) is 5.78 Å². The highest BCUT2D eigenvalue weighted by atomic mass is 35.5. The molecule has 35 heavy (non-hydrogen) atoms. The minimum absolute atomic E-state index is 0.0110.